The van der Waals surface area contributed by atoms with Crippen LogP contribution in [0.15, 0.2) is 36.5 Å². The zero-order chi connectivity index (χ0) is 21.2. The normalized spacial score (nSPS) is 22.0. The minimum atomic E-state index is -4.67. The highest BCUT2D eigenvalue weighted by Gasteiger charge is 2.47. The van der Waals surface area contributed by atoms with Gasteiger partial charge in [-0.2, -0.15) is 18.4 Å². The van der Waals surface area contributed by atoms with Gasteiger partial charge in [-0.25, -0.2) is 4.98 Å². The maximum Gasteiger partial charge on any atom is 0.417 e. The van der Waals surface area contributed by atoms with E-state index in [1.807, 2.05) is 13.0 Å². The molecular formula is C21H20F3N3O2. The summed E-state index contributed by atoms with van der Waals surface area (Å²) in [5.41, 5.74) is -2.23. The number of rotatable bonds is 4. The van der Waals surface area contributed by atoms with Crippen molar-refractivity contribution in [3.8, 4) is 11.9 Å². The number of benzene rings is 1. The van der Waals surface area contributed by atoms with E-state index >= 15 is 0 Å². The van der Waals surface area contributed by atoms with Crippen molar-refractivity contribution in [3.05, 3.63) is 58.8 Å². The van der Waals surface area contributed by atoms with Gasteiger partial charge >= 0.3 is 6.18 Å². The third-order valence-electron chi connectivity index (χ3n) is 5.18. The molecule has 0 amide bonds. The number of nitriles is 1. The lowest BCUT2D eigenvalue weighted by Gasteiger charge is -2.39. The molecule has 3 rings (SSSR count). The molecule has 1 N–H and O–H groups in total. The largest absolute Gasteiger partial charge is 0.461 e. The Morgan fingerprint density at radius 1 is 1.34 bits per heavy atom. The minimum absolute atomic E-state index is 0.0388. The molecule has 1 aromatic carbocycles. The van der Waals surface area contributed by atoms with Crippen molar-refractivity contribution in [1.82, 2.24) is 10.3 Å². The van der Waals surface area contributed by atoms with E-state index in [9.17, 15) is 23.2 Å². The molecule has 0 radical (unpaired) electrons. The number of ether oxygens (including phenoxy) is 1. The quantitative estimate of drug-likeness (QED) is 0.780. The number of pyridine rings is 1. The van der Waals surface area contributed by atoms with Crippen LogP contribution in [-0.2, 0) is 6.18 Å². The standard InChI is InChI=1S/C21H20F3N3O2/c1-13-7-9-20(12-27-13,29-19-14(2)15(11-25)8-10-26-19)18(28)16-5-3-4-6-17(16)21(22,23)24/h3-6,8,10,13,27H,7,9,12H2,1-2H3/t13-,20-/m1/s1. The second kappa shape index (κ2) is 7.84. The topological polar surface area (TPSA) is 75.0 Å². The van der Waals surface area contributed by atoms with Gasteiger partial charge in [-0.15, -0.1) is 0 Å². The van der Waals surface area contributed by atoms with Crippen molar-refractivity contribution in [1.29, 1.82) is 5.26 Å². The van der Waals surface area contributed by atoms with E-state index < -0.39 is 28.7 Å². The fraction of sp³-hybridized carbons (Fsp3) is 0.381. The number of nitrogens with zero attached hydrogens (tertiary/aromatic N) is 2. The average molecular weight is 403 g/mol. The predicted octanol–water partition coefficient (Wildman–Crippen LogP) is 4.05. The fourth-order valence-corrected chi connectivity index (χ4v) is 3.41. The molecule has 2 aromatic rings. The predicted molar refractivity (Wildman–Crippen MR) is 99.5 cm³/mol. The van der Waals surface area contributed by atoms with Gasteiger partial charge in [-0.05, 0) is 38.8 Å². The highest BCUT2D eigenvalue weighted by molar-refractivity contribution is 6.04. The van der Waals surface area contributed by atoms with Gasteiger partial charge in [-0.3, -0.25) is 4.79 Å². The summed E-state index contributed by atoms with van der Waals surface area (Å²) in [4.78, 5) is 17.5. The number of ketones is 1. The van der Waals surface area contributed by atoms with Crippen LogP contribution in [0.2, 0.25) is 0 Å². The number of piperidine rings is 1. The fourth-order valence-electron chi connectivity index (χ4n) is 3.41. The molecule has 1 saturated heterocycles. The van der Waals surface area contributed by atoms with Crippen molar-refractivity contribution in [2.24, 2.45) is 0 Å². The molecule has 29 heavy (non-hydrogen) atoms. The number of hydrogen-bond acceptors (Lipinski definition) is 5. The van der Waals surface area contributed by atoms with Crippen molar-refractivity contribution in [2.75, 3.05) is 6.54 Å². The van der Waals surface area contributed by atoms with E-state index in [1.54, 1.807) is 6.92 Å². The van der Waals surface area contributed by atoms with Gasteiger partial charge in [0.1, 0.15) is 0 Å². The number of carbonyl (C=O) groups excluding carboxylic acids is 1. The van der Waals surface area contributed by atoms with E-state index in [1.165, 1.54) is 30.5 Å². The van der Waals surface area contributed by atoms with Crippen LogP contribution in [0.1, 0.15) is 46.8 Å². The molecule has 1 aliphatic heterocycles. The first kappa shape index (κ1) is 20.8. The van der Waals surface area contributed by atoms with Gasteiger partial charge in [-0.1, -0.05) is 18.2 Å². The Kier molecular flexibility index (Phi) is 5.62. The van der Waals surface area contributed by atoms with Gasteiger partial charge in [0, 0.05) is 29.9 Å². The Morgan fingerprint density at radius 3 is 2.69 bits per heavy atom. The molecule has 0 saturated carbocycles. The van der Waals surface area contributed by atoms with E-state index in [2.05, 4.69) is 10.3 Å². The van der Waals surface area contributed by atoms with Crippen LogP contribution < -0.4 is 10.1 Å². The van der Waals surface area contributed by atoms with Gasteiger partial charge in [0.25, 0.3) is 0 Å². The molecule has 2 atom stereocenters. The van der Waals surface area contributed by atoms with Crippen LogP contribution in [0.5, 0.6) is 5.88 Å². The summed E-state index contributed by atoms with van der Waals surface area (Å²) in [5, 5.41) is 12.4. The van der Waals surface area contributed by atoms with Gasteiger partial charge in [0.05, 0.1) is 17.2 Å². The van der Waals surface area contributed by atoms with E-state index in [0.717, 1.165) is 6.07 Å². The number of nitrogens with one attached hydrogen (secondary N) is 1. The maximum atomic E-state index is 13.5. The number of Topliss-reactive ketones (excluding diaryl/α,β-unsaturated/α-hetero) is 1. The van der Waals surface area contributed by atoms with Crippen molar-refractivity contribution in [3.63, 3.8) is 0 Å². The van der Waals surface area contributed by atoms with Crippen LogP contribution in [0.3, 0.4) is 0 Å². The molecule has 2 heterocycles. The molecule has 0 bridgehead atoms. The lowest BCUT2D eigenvalue weighted by atomic mass is 9.82. The van der Waals surface area contributed by atoms with E-state index in [0.29, 0.717) is 17.5 Å². The number of aromatic nitrogens is 1. The zero-order valence-electron chi connectivity index (χ0n) is 16.0. The number of halogens is 3. The molecule has 0 unspecified atom stereocenters. The Morgan fingerprint density at radius 2 is 2.07 bits per heavy atom. The van der Waals surface area contributed by atoms with E-state index in [4.69, 9.17) is 4.74 Å². The first-order valence-electron chi connectivity index (χ1n) is 9.17. The van der Waals surface area contributed by atoms with Gasteiger partial charge in [0.2, 0.25) is 11.7 Å². The summed E-state index contributed by atoms with van der Waals surface area (Å²) in [6, 6.07) is 8.32. The third-order valence-corrected chi connectivity index (χ3v) is 5.18. The van der Waals surface area contributed by atoms with Crippen LogP contribution >= 0.6 is 0 Å². The minimum Gasteiger partial charge on any atom is -0.461 e. The Labute approximate surface area is 166 Å². The molecule has 1 aliphatic rings. The average Bonchev–Trinajstić information content (AvgIpc) is 2.70. The summed E-state index contributed by atoms with van der Waals surface area (Å²) in [5.74, 6) is -0.688. The maximum absolute atomic E-state index is 13.5. The third kappa shape index (κ3) is 4.10. The van der Waals surface area contributed by atoms with Crippen LogP contribution in [0.25, 0.3) is 0 Å². The summed E-state index contributed by atoms with van der Waals surface area (Å²) < 4.78 is 46.5. The van der Waals surface area contributed by atoms with E-state index in [-0.39, 0.29) is 24.9 Å². The van der Waals surface area contributed by atoms with Gasteiger partial charge < -0.3 is 10.1 Å². The number of hydrogen-bond donors (Lipinski definition) is 1. The van der Waals surface area contributed by atoms with Gasteiger partial charge in [0.15, 0.2) is 5.60 Å². The monoisotopic (exact) mass is 403 g/mol. The molecule has 8 heteroatoms. The molecule has 5 nitrogen and oxygen atoms in total. The molecule has 1 fully saturated rings. The van der Waals surface area contributed by atoms with Crippen LogP contribution in [-0.4, -0.2) is 29.0 Å². The SMILES string of the molecule is Cc1c(C#N)ccnc1O[C@]1(C(=O)c2ccccc2C(F)(F)F)CC[C@@H](C)NC1. The highest BCUT2D eigenvalue weighted by atomic mass is 19.4. The molecule has 0 spiro atoms. The second-order valence-corrected chi connectivity index (χ2v) is 7.19. The summed E-state index contributed by atoms with van der Waals surface area (Å²) in [7, 11) is 0. The zero-order valence-corrected chi connectivity index (χ0v) is 16.0. The van der Waals surface area contributed by atoms with Crippen LogP contribution in [0.4, 0.5) is 13.2 Å². The highest BCUT2D eigenvalue weighted by Crippen LogP contribution is 2.36. The summed E-state index contributed by atoms with van der Waals surface area (Å²) in [6.45, 7) is 3.59. The van der Waals surface area contributed by atoms with Crippen molar-refractivity contribution < 1.29 is 22.7 Å². The van der Waals surface area contributed by atoms with Crippen molar-refractivity contribution >= 4 is 5.78 Å². The lowest BCUT2D eigenvalue weighted by molar-refractivity contribution is -0.138. The summed E-state index contributed by atoms with van der Waals surface area (Å²) >= 11 is 0. The first-order chi connectivity index (χ1) is 13.7. The Bertz CT molecular complexity index is 958. The molecular weight excluding hydrogens is 383 g/mol. The molecule has 152 valence electrons. The number of alkyl halides is 3. The van der Waals surface area contributed by atoms with Crippen molar-refractivity contribution in [2.45, 2.75) is 44.5 Å². The lowest BCUT2D eigenvalue weighted by Crippen LogP contribution is -2.58. The number of carbonyl (C=O) groups is 1. The Hall–Kier alpha value is -2.92. The Balaban J connectivity index is 2.08. The smallest absolute Gasteiger partial charge is 0.417 e. The second-order valence-electron chi connectivity index (χ2n) is 7.19. The van der Waals surface area contributed by atoms with Crippen LogP contribution in [0, 0.1) is 18.3 Å². The summed E-state index contributed by atoms with van der Waals surface area (Å²) in [6.07, 6.45) is -2.53. The molecule has 1 aromatic heterocycles. The first-order valence-corrected chi connectivity index (χ1v) is 9.17. The molecule has 0 aliphatic carbocycles.